The summed E-state index contributed by atoms with van der Waals surface area (Å²) in [7, 11) is 0. The molecule has 0 radical (unpaired) electrons. The zero-order valence-corrected chi connectivity index (χ0v) is 28.5. The van der Waals surface area contributed by atoms with Crippen LogP contribution < -0.4 is 0 Å². The number of aromatic amines is 1. The molecule has 1 aromatic rings. The minimum absolute atomic E-state index is 0.00403. The van der Waals surface area contributed by atoms with Crippen molar-refractivity contribution in [3.63, 3.8) is 0 Å². The molecule has 0 saturated heterocycles. The Morgan fingerprint density at radius 3 is 2.56 bits per heavy atom. The predicted molar refractivity (Wildman–Crippen MR) is 175 cm³/mol. The summed E-state index contributed by atoms with van der Waals surface area (Å²) < 4.78 is 5.92. The Balaban J connectivity index is 1.12. The molecule has 45 heavy (non-hydrogen) atoms. The van der Waals surface area contributed by atoms with Crippen LogP contribution in [0.1, 0.15) is 130 Å². The molecule has 9 unspecified atom stereocenters. The molecule has 3 saturated carbocycles. The highest BCUT2D eigenvalue weighted by molar-refractivity contribution is 5.86. The number of carboxylic acid groups (broad SMARTS) is 1. The van der Waals surface area contributed by atoms with Crippen molar-refractivity contribution in [2.45, 2.75) is 137 Å². The number of H-pyrrole nitrogens is 1. The number of aliphatic carboxylic acids is 1. The molecule has 1 heterocycles. The Morgan fingerprint density at radius 2 is 1.84 bits per heavy atom. The lowest BCUT2D eigenvalue weighted by Gasteiger charge is -2.58. The van der Waals surface area contributed by atoms with Gasteiger partial charge in [0.1, 0.15) is 11.9 Å². The molecule has 0 aliphatic heterocycles. The summed E-state index contributed by atoms with van der Waals surface area (Å²) in [4.78, 5) is 43.8. The van der Waals surface area contributed by atoms with Crippen molar-refractivity contribution in [1.29, 1.82) is 0 Å². The SMILES string of the molecule is CC(C)CCCC(C)C1CCC2C3CC=C4CC(OC(=O)CCC(=O)CC(Cc5cnc[nH]5)C(=O)O)CCC4(C)C3CCC12C. The smallest absolute Gasteiger partial charge is 0.307 e. The summed E-state index contributed by atoms with van der Waals surface area (Å²) in [6.07, 6.45) is 19.1. The van der Waals surface area contributed by atoms with Crippen LogP contribution in [0.3, 0.4) is 0 Å². The summed E-state index contributed by atoms with van der Waals surface area (Å²) in [6, 6.07) is 0. The van der Waals surface area contributed by atoms with Gasteiger partial charge >= 0.3 is 11.9 Å². The van der Waals surface area contributed by atoms with E-state index in [1.807, 2.05) is 0 Å². The van der Waals surface area contributed by atoms with E-state index in [2.05, 4.69) is 50.7 Å². The van der Waals surface area contributed by atoms with Crippen LogP contribution in [0.25, 0.3) is 0 Å². The van der Waals surface area contributed by atoms with Gasteiger partial charge in [0.2, 0.25) is 0 Å². The normalized spacial score (nSPS) is 33.8. The standard InChI is InChI=1S/C38H58N2O5/c1-24(2)7-6-8-25(3)32-12-13-33-31-11-9-27-21-30(15-17-37(27,4)34(31)16-18-38(32,33)5)45-35(42)14-10-29(41)20-26(36(43)44)19-28-22-39-23-40-28/h9,22-26,30-34H,6-8,10-21H2,1-5H3,(H,39,40)(H,43,44). The maximum atomic E-state index is 12.8. The van der Waals surface area contributed by atoms with Crippen molar-refractivity contribution in [2.24, 2.45) is 52.3 Å². The van der Waals surface area contributed by atoms with Gasteiger partial charge in [-0.05, 0) is 91.3 Å². The molecule has 250 valence electrons. The maximum absolute atomic E-state index is 12.8. The van der Waals surface area contributed by atoms with Crippen LogP contribution in [-0.2, 0) is 25.5 Å². The second kappa shape index (κ2) is 14.1. The summed E-state index contributed by atoms with van der Waals surface area (Å²) in [6.45, 7) is 12.4. The number of carboxylic acids is 1. The minimum atomic E-state index is -1.02. The van der Waals surface area contributed by atoms with Crippen LogP contribution in [0, 0.1) is 52.3 Å². The van der Waals surface area contributed by atoms with Crippen molar-refractivity contribution >= 4 is 17.7 Å². The van der Waals surface area contributed by atoms with Crippen LogP contribution in [0.4, 0.5) is 0 Å². The van der Waals surface area contributed by atoms with E-state index < -0.39 is 11.9 Å². The Hall–Kier alpha value is -2.44. The number of aromatic nitrogens is 2. The number of esters is 1. The molecule has 0 aromatic carbocycles. The highest BCUT2D eigenvalue weighted by Crippen LogP contribution is 2.67. The quantitative estimate of drug-likeness (QED) is 0.159. The van der Waals surface area contributed by atoms with E-state index in [0.29, 0.717) is 11.1 Å². The topological polar surface area (TPSA) is 109 Å². The molecule has 4 aliphatic carbocycles. The zero-order chi connectivity index (χ0) is 32.4. The highest BCUT2D eigenvalue weighted by Gasteiger charge is 2.59. The van der Waals surface area contributed by atoms with Gasteiger partial charge in [-0.1, -0.05) is 65.5 Å². The highest BCUT2D eigenvalue weighted by atomic mass is 16.5. The lowest BCUT2D eigenvalue weighted by molar-refractivity contribution is -0.152. The number of hydrogen-bond acceptors (Lipinski definition) is 5. The number of allylic oxidation sites excluding steroid dienone is 1. The molecular formula is C38H58N2O5. The number of imidazole rings is 1. The summed E-state index contributed by atoms with van der Waals surface area (Å²) >= 11 is 0. The molecule has 7 heteroatoms. The van der Waals surface area contributed by atoms with E-state index in [1.54, 1.807) is 6.20 Å². The lowest BCUT2D eigenvalue weighted by atomic mass is 9.47. The molecule has 1 aromatic heterocycles. The minimum Gasteiger partial charge on any atom is -0.481 e. The van der Waals surface area contributed by atoms with E-state index in [9.17, 15) is 19.5 Å². The number of fused-ring (bicyclic) bond motifs is 5. The molecule has 0 amide bonds. The van der Waals surface area contributed by atoms with E-state index >= 15 is 0 Å². The van der Waals surface area contributed by atoms with Gasteiger partial charge in [0.05, 0.1) is 18.7 Å². The fraction of sp³-hybridized carbons (Fsp3) is 0.789. The van der Waals surface area contributed by atoms with Crippen LogP contribution in [-0.4, -0.2) is 38.9 Å². The third-order valence-corrected chi connectivity index (χ3v) is 13.0. The van der Waals surface area contributed by atoms with Gasteiger partial charge < -0.3 is 14.8 Å². The van der Waals surface area contributed by atoms with E-state index in [-0.39, 0.29) is 49.0 Å². The second-order valence-corrected chi connectivity index (χ2v) is 16.2. The number of Topliss-reactive ketones (excluding diaryl/α,β-unsaturated/α-hetero) is 1. The average molecular weight is 623 g/mol. The molecule has 2 N–H and O–H groups in total. The summed E-state index contributed by atoms with van der Waals surface area (Å²) in [5, 5.41) is 9.55. The largest absolute Gasteiger partial charge is 0.481 e. The molecule has 7 nitrogen and oxygen atoms in total. The maximum Gasteiger partial charge on any atom is 0.307 e. The average Bonchev–Trinajstić information content (AvgIpc) is 3.63. The van der Waals surface area contributed by atoms with Crippen molar-refractivity contribution in [2.75, 3.05) is 0 Å². The van der Waals surface area contributed by atoms with Gasteiger partial charge in [-0.25, -0.2) is 4.98 Å². The summed E-state index contributed by atoms with van der Waals surface area (Å²) in [5.74, 6) is 2.39. The number of carbonyl (C=O) groups is 3. The van der Waals surface area contributed by atoms with Gasteiger partial charge in [0.25, 0.3) is 0 Å². The van der Waals surface area contributed by atoms with Crippen molar-refractivity contribution in [3.8, 4) is 0 Å². The first-order valence-electron chi connectivity index (χ1n) is 18.0. The Labute approximate surface area is 270 Å². The molecule has 0 spiro atoms. The van der Waals surface area contributed by atoms with Crippen LogP contribution >= 0.6 is 0 Å². The van der Waals surface area contributed by atoms with Crippen LogP contribution in [0.2, 0.25) is 0 Å². The number of rotatable bonds is 14. The Kier molecular flexibility index (Phi) is 10.6. The first-order chi connectivity index (χ1) is 21.4. The third kappa shape index (κ3) is 7.43. The zero-order valence-electron chi connectivity index (χ0n) is 28.5. The van der Waals surface area contributed by atoms with Gasteiger partial charge in [-0.15, -0.1) is 0 Å². The first-order valence-corrected chi connectivity index (χ1v) is 18.0. The van der Waals surface area contributed by atoms with Gasteiger partial charge in [0.15, 0.2) is 0 Å². The molecule has 0 bridgehead atoms. The van der Waals surface area contributed by atoms with Crippen LogP contribution in [0.15, 0.2) is 24.2 Å². The van der Waals surface area contributed by atoms with Crippen molar-refractivity contribution < 1.29 is 24.2 Å². The molecule has 3 fully saturated rings. The van der Waals surface area contributed by atoms with E-state index in [1.165, 1.54) is 63.3 Å². The second-order valence-electron chi connectivity index (χ2n) is 16.2. The van der Waals surface area contributed by atoms with Crippen molar-refractivity contribution in [1.82, 2.24) is 9.97 Å². The molecular weight excluding hydrogens is 564 g/mol. The monoisotopic (exact) mass is 622 g/mol. The van der Waals surface area contributed by atoms with Gasteiger partial charge in [0, 0.05) is 37.6 Å². The predicted octanol–water partition coefficient (Wildman–Crippen LogP) is 8.35. The van der Waals surface area contributed by atoms with E-state index in [4.69, 9.17) is 4.74 Å². The molecule has 5 rings (SSSR count). The number of carbonyl (C=O) groups excluding carboxylic acids is 2. The summed E-state index contributed by atoms with van der Waals surface area (Å²) in [5.41, 5.74) is 2.85. The third-order valence-electron chi connectivity index (χ3n) is 13.0. The number of ether oxygens (including phenoxy) is 1. The van der Waals surface area contributed by atoms with Crippen LogP contribution in [0.5, 0.6) is 0 Å². The van der Waals surface area contributed by atoms with Crippen molar-refractivity contribution in [3.05, 3.63) is 29.9 Å². The molecule has 4 aliphatic rings. The van der Waals surface area contributed by atoms with Gasteiger partial charge in [-0.2, -0.15) is 0 Å². The first kappa shape index (κ1) is 33.9. The number of ketones is 1. The fourth-order valence-electron chi connectivity index (χ4n) is 10.5. The van der Waals surface area contributed by atoms with Gasteiger partial charge in [-0.3, -0.25) is 14.4 Å². The number of hydrogen-bond donors (Lipinski definition) is 2. The Morgan fingerprint density at radius 1 is 1.04 bits per heavy atom. The lowest BCUT2D eigenvalue weighted by Crippen LogP contribution is -2.51. The number of nitrogens with one attached hydrogen (secondary N) is 1. The molecule has 9 atom stereocenters. The number of nitrogens with zero attached hydrogens (tertiary/aromatic N) is 1. The Bertz CT molecular complexity index is 1220. The fourth-order valence-corrected chi connectivity index (χ4v) is 10.5. The van der Waals surface area contributed by atoms with E-state index in [0.717, 1.165) is 54.8 Å².